The Balaban J connectivity index is 2.32. The molecule has 2 rings (SSSR count). The van der Waals surface area contributed by atoms with Crippen LogP contribution in [0.1, 0.15) is 10.4 Å². The molecule has 0 aliphatic carbocycles. The molecule has 0 unspecified atom stereocenters. The van der Waals surface area contributed by atoms with Gasteiger partial charge in [-0.3, -0.25) is 14.9 Å². The van der Waals surface area contributed by atoms with Crippen molar-refractivity contribution in [3.63, 3.8) is 0 Å². The molecule has 2 N–H and O–H groups in total. The summed E-state index contributed by atoms with van der Waals surface area (Å²) in [5.74, 6) is -3.22. The molecular formula is C13H8F2N2O4. The number of hydrogen-bond acceptors (Lipinski definition) is 4. The molecule has 6 nitrogen and oxygen atoms in total. The van der Waals surface area contributed by atoms with Crippen LogP contribution in [0.3, 0.4) is 0 Å². The number of rotatable bonds is 3. The minimum absolute atomic E-state index is 0.146. The number of halogens is 2. The lowest BCUT2D eigenvalue weighted by molar-refractivity contribution is -0.384. The Kier molecular flexibility index (Phi) is 3.79. The van der Waals surface area contributed by atoms with Crippen LogP contribution >= 0.6 is 0 Å². The van der Waals surface area contributed by atoms with Gasteiger partial charge in [0, 0.05) is 18.2 Å². The van der Waals surface area contributed by atoms with Crippen LogP contribution in [-0.4, -0.2) is 15.9 Å². The highest BCUT2D eigenvalue weighted by Gasteiger charge is 2.18. The predicted molar refractivity (Wildman–Crippen MR) is 69.1 cm³/mol. The zero-order valence-electron chi connectivity index (χ0n) is 10.3. The molecule has 0 saturated carbocycles. The van der Waals surface area contributed by atoms with E-state index in [1.54, 1.807) is 0 Å². The standard InChI is InChI=1S/C13H8F2N2O4/c14-7-1-4-11(12(18)5-7)16-13(19)9-6-8(17(20)21)2-3-10(9)15/h1-6,18H,(H,16,19). The number of phenols is 1. The number of carbonyl (C=O) groups is 1. The number of nitrogens with one attached hydrogen (secondary N) is 1. The molecule has 0 radical (unpaired) electrons. The van der Waals surface area contributed by atoms with Gasteiger partial charge in [-0.15, -0.1) is 0 Å². The van der Waals surface area contributed by atoms with Gasteiger partial charge in [-0.25, -0.2) is 8.78 Å². The molecule has 0 atom stereocenters. The Morgan fingerprint density at radius 3 is 2.52 bits per heavy atom. The molecule has 2 aromatic rings. The summed E-state index contributed by atoms with van der Waals surface area (Å²) in [6, 6.07) is 5.31. The third-order valence-electron chi connectivity index (χ3n) is 2.61. The van der Waals surface area contributed by atoms with Gasteiger partial charge in [0.1, 0.15) is 17.4 Å². The second-order valence-corrected chi connectivity index (χ2v) is 4.04. The Hall–Kier alpha value is -3.03. The molecular weight excluding hydrogens is 286 g/mol. The summed E-state index contributed by atoms with van der Waals surface area (Å²) in [6.07, 6.45) is 0. The van der Waals surface area contributed by atoms with Crippen LogP contribution < -0.4 is 5.32 Å². The van der Waals surface area contributed by atoms with E-state index in [1.165, 1.54) is 0 Å². The van der Waals surface area contributed by atoms with Gasteiger partial charge in [0.15, 0.2) is 0 Å². The molecule has 0 aliphatic heterocycles. The van der Waals surface area contributed by atoms with Crippen LogP contribution in [0.2, 0.25) is 0 Å². The summed E-state index contributed by atoms with van der Waals surface area (Å²) in [5.41, 5.74) is -1.16. The van der Waals surface area contributed by atoms with Gasteiger partial charge < -0.3 is 10.4 Å². The Morgan fingerprint density at radius 2 is 1.90 bits per heavy atom. The number of non-ortho nitro benzene ring substituents is 1. The van der Waals surface area contributed by atoms with E-state index < -0.39 is 39.5 Å². The largest absolute Gasteiger partial charge is 0.506 e. The van der Waals surface area contributed by atoms with E-state index >= 15 is 0 Å². The molecule has 0 aromatic heterocycles. The minimum atomic E-state index is -1.00. The summed E-state index contributed by atoms with van der Waals surface area (Å²) in [5, 5.41) is 22.2. The minimum Gasteiger partial charge on any atom is -0.506 e. The first-order valence-corrected chi connectivity index (χ1v) is 5.62. The molecule has 0 bridgehead atoms. The van der Waals surface area contributed by atoms with Crippen molar-refractivity contribution >= 4 is 17.3 Å². The fraction of sp³-hybridized carbons (Fsp3) is 0. The normalized spacial score (nSPS) is 10.2. The van der Waals surface area contributed by atoms with Gasteiger partial charge in [-0.1, -0.05) is 0 Å². The predicted octanol–water partition coefficient (Wildman–Crippen LogP) is 2.83. The van der Waals surface area contributed by atoms with E-state index in [-0.39, 0.29) is 5.69 Å². The molecule has 2 aromatic carbocycles. The van der Waals surface area contributed by atoms with Crippen LogP contribution in [-0.2, 0) is 0 Å². The first-order valence-electron chi connectivity index (χ1n) is 5.62. The molecule has 0 spiro atoms. The van der Waals surface area contributed by atoms with E-state index in [9.17, 15) is 28.8 Å². The number of nitrogens with zero attached hydrogens (tertiary/aromatic N) is 1. The lowest BCUT2D eigenvalue weighted by atomic mass is 10.1. The van der Waals surface area contributed by atoms with Crippen molar-refractivity contribution in [1.82, 2.24) is 0 Å². The van der Waals surface area contributed by atoms with Crippen molar-refractivity contribution in [2.75, 3.05) is 5.32 Å². The first kappa shape index (κ1) is 14.4. The highest BCUT2D eigenvalue weighted by Crippen LogP contribution is 2.25. The van der Waals surface area contributed by atoms with Crippen molar-refractivity contribution in [2.45, 2.75) is 0 Å². The second kappa shape index (κ2) is 5.53. The van der Waals surface area contributed by atoms with Crippen LogP contribution in [0.5, 0.6) is 5.75 Å². The topological polar surface area (TPSA) is 92.5 Å². The number of amides is 1. The van der Waals surface area contributed by atoms with Crippen LogP contribution in [0.25, 0.3) is 0 Å². The van der Waals surface area contributed by atoms with Crippen LogP contribution in [0.15, 0.2) is 36.4 Å². The van der Waals surface area contributed by atoms with Gasteiger partial charge in [0.25, 0.3) is 11.6 Å². The first-order chi connectivity index (χ1) is 9.88. The van der Waals surface area contributed by atoms with Crippen LogP contribution in [0, 0.1) is 21.7 Å². The fourth-order valence-electron chi connectivity index (χ4n) is 1.60. The van der Waals surface area contributed by atoms with Crippen molar-refractivity contribution in [3.05, 3.63) is 63.7 Å². The van der Waals surface area contributed by atoms with Crippen molar-refractivity contribution in [3.8, 4) is 5.75 Å². The lowest BCUT2D eigenvalue weighted by Gasteiger charge is -2.08. The monoisotopic (exact) mass is 294 g/mol. The highest BCUT2D eigenvalue weighted by atomic mass is 19.1. The molecule has 1 amide bonds. The van der Waals surface area contributed by atoms with Crippen molar-refractivity contribution in [1.29, 1.82) is 0 Å². The lowest BCUT2D eigenvalue weighted by Crippen LogP contribution is -2.14. The molecule has 21 heavy (non-hydrogen) atoms. The maximum absolute atomic E-state index is 13.5. The smallest absolute Gasteiger partial charge is 0.270 e. The SMILES string of the molecule is O=C(Nc1ccc(F)cc1O)c1cc([N+](=O)[O-])ccc1F. The second-order valence-electron chi connectivity index (χ2n) is 4.04. The van der Waals surface area contributed by atoms with Gasteiger partial charge in [0.05, 0.1) is 16.2 Å². The molecule has 0 saturated heterocycles. The zero-order valence-corrected chi connectivity index (χ0v) is 10.3. The summed E-state index contributed by atoms with van der Waals surface area (Å²) in [6.45, 7) is 0. The fourth-order valence-corrected chi connectivity index (χ4v) is 1.60. The summed E-state index contributed by atoms with van der Waals surface area (Å²) in [7, 11) is 0. The third kappa shape index (κ3) is 3.11. The Labute approximate surface area is 116 Å². The highest BCUT2D eigenvalue weighted by molar-refractivity contribution is 6.05. The molecule has 8 heteroatoms. The Morgan fingerprint density at radius 1 is 1.19 bits per heavy atom. The van der Waals surface area contributed by atoms with Gasteiger partial charge >= 0.3 is 0 Å². The number of aromatic hydroxyl groups is 1. The molecule has 108 valence electrons. The number of benzene rings is 2. The number of carbonyl (C=O) groups excluding carboxylic acids is 1. The summed E-state index contributed by atoms with van der Waals surface area (Å²) in [4.78, 5) is 21.7. The average molecular weight is 294 g/mol. The van der Waals surface area contributed by atoms with Crippen molar-refractivity contribution in [2.24, 2.45) is 0 Å². The summed E-state index contributed by atoms with van der Waals surface area (Å²) < 4.78 is 26.4. The van der Waals surface area contributed by atoms with E-state index in [4.69, 9.17) is 0 Å². The molecule has 0 aliphatic rings. The van der Waals surface area contributed by atoms with Gasteiger partial charge in [-0.2, -0.15) is 0 Å². The summed E-state index contributed by atoms with van der Waals surface area (Å²) >= 11 is 0. The number of hydrogen-bond donors (Lipinski definition) is 2. The average Bonchev–Trinajstić information content (AvgIpc) is 2.42. The zero-order chi connectivity index (χ0) is 15.6. The Bertz CT molecular complexity index is 734. The number of phenolic OH excluding ortho intramolecular Hbond substituents is 1. The molecule has 0 fully saturated rings. The van der Waals surface area contributed by atoms with E-state index in [0.717, 1.165) is 36.4 Å². The quantitative estimate of drug-likeness (QED) is 0.517. The number of anilines is 1. The van der Waals surface area contributed by atoms with E-state index in [1.807, 2.05) is 0 Å². The van der Waals surface area contributed by atoms with Crippen molar-refractivity contribution < 1.29 is 23.6 Å². The molecule has 0 heterocycles. The van der Waals surface area contributed by atoms with Crippen LogP contribution in [0.4, 0.5) is 20.2 Å². The number of nitro benzene ring substituents is 1. The maximum atomic E-state index is 13.5. The third-order valence-corrected chi connectivity index (χ3v) is 2.61. The van der Waals surface area contributed by atoms with E-state index in [2.05, 4.69) is 5.32 Å². The van der Waals surface area contributed by atoms with E-state index in [0.29, 0.717) is 0 Å². The number of nitro groups is 1. The maximum Gasteiger partial charge on any atom is 0.270 e. The van der Waals surface area contributed by atoms with Gasteiger partial charge in [-0.05, 0) is 18.2 Å². The van der Waals surface area contributed by atoms with Gasteiger partial charge in [0.2, 0.25) is 0 Å².